The van der Waals surface area contributed by atoms with Gasteiger partial charge in [0.05, 0.1) is 22.4 Å². The second kappa shape index (κ2) is 6.88. The molecule has 0 bridgehead atoms. The van der Waals surface area contributed by atoms with Crippen molar-refractivity contribution in [2.45, 2.75) is 18.1 Å². The smallest absolute Gasteiger partial charge is 0.231 e. The SMILES string of the molecule is N#CC1=C2SC[C@@](O)(c3ccc(Cl)cc3)N2C(=O)C[C@@H]1c1cccc(Cl)c1. The van der Waals surface area contributed by atoms with Crippen LogP contribution in [0.4, 0.5) is 0 Å². The number of hydrogen-bond acceptors (Lipinski definition) is 4. The van der Waals surface area contributed by atoms with Crippen LogP contribution in [0.15, 0.2) is 59.1 Å². The Morgan fingerprint density at radius 2 is 1.93 bits per heavy atom. The minimum atomic E-state index is -1.50. The summed E-state index contributed by atoms with van der Waals surface area (Å²) >= 11 is 13.4. The topological polar surface area (TPSA) is 64.3 Å². The summed E-state index contributed by atoms with van der Waals surface area (Å²) in [5.41, 5.74) is 0.373. The van der Waals surface area contributed by atoms with Crippen LogP contribution in [0.3, 0.4) is 0 Å². The number of benzene rings is 2. The van der Waals surface area contributed by atoms with Gasteiger partial charge in [-0.25, -0.2) is 0 Å². The van der Waals surface area contributed by atoms with E-state index in [0.717, 1.165) is 5.56 Å². The standard InChI is InChI=1S/C20H14Cl2N2O2S/c21-14-6-4-13(5-7-14)20(26)11-27-19-17(10-23)16(9-18(25)24(19)20)12-2-1-3-15(22)8-12/h1-8,16,26H,9,11H2/t16-,20-/m1/s1. The summed E-state index contributed by atoms with van der Waals surface area (Å²) in [5, 5.41) is 22.7. The van der Waals surface area contributed by atoms with Gasteiger partial charge in [-0.3, -0.25) is 9.69 Å². The Balaban J connectivity index is 1.81. The number of hydrogen-bond donors (Lipinski definition) is 1. The number of rotatable bonds is 2. The van der Waals surface area contributed by atoms with E-state index < -0.39 is 5.72 Å². The van der Waals surface area contributed by atoms with Gasteiger partial charge in [0, 0.05) is 27.9 Å². The highest BCUT2D eigenvalue weighted by Gasteiger charge is 2.51. The number of thioether (sulfide) groups is 1. The molecule has 27 heavy (non-hydrogen) atoms. The molecule has 1 amide bonds. The van der Waals surface area contributed by atoms with Crippen molar-refractivity contribution in [2.75, 3.05) is 5.75 Å². The molecule has 7 heteroatoms. The van der Waals surface area contributed by atoms with Crippen molar-refractivity contribution in [1.82, 2.24) is 4.90 Å². The van der Waals surface area contributed by atoms with Crippen LogP contribution >= 0.6 is 35.0 Å². The van der Waals surface area contributed by atoms with Gasteiger partial charge in [0.15, 0.2) is 5.72 Å². The number of aliphatic hydroxyl groups is 1. The van der Waals surface area contributed by atoms with E-state index in [2.05, 4.69) is 6.07 Å². The molecule has 4 nitrogen and oxygen atoms in total. The van der Waals surface area contributed by atoms with Crippen LogP contribution in [0.25, 0.3) is 0 Å². The molecule has 1 saturated heterocycles. The third kappa shape index (κ3) is 3.03. The van der Waals surface area contributed by atoms with Crippen LogP contribution in [-0.2, 0) is 10.5 Å². The first-order chi connectivity index (χ1) is 12.9. The molecule has 136 valence electrons. The fraction of sp³-hybridized carbons (Fsp3) is 0.200. The first kappa shape index (κ1) is 18.4. The largest absolute Gasteiger partial charge is 0.366 e. The van der Waals surface area contributed by atoms with Crippen LogP contribution in [-0.4, -0.2) is 21.7 Å². The molecule has 4 rings (SSSR count). The Morgan fingerprint density at radius 1 is 1.19 bits per heavy atom. The Kier molecular flexibility index (Phi) is 4.69. The van der Waals surface area contributed by atoms with Gasteiger partial charge in [-0.15, -0.1) is 11.8 Å². The van der Waals surface area contributed by atoms with Crippen LogP contribution in [0, 0.1) is 11.3 Å². The summed E-state index contributed by atoms with van der Waals surface area (Å²) in [4.78, 5) is 14.4. The predicted molar refractivity (Wildman–Crippen MR) is 106 cm³/mol. The molecule has 0 saturated carbocycles. The van der Waals surface area contributed by atoms with Crippen molar-refractivity contribution in [1.29, 1.82) is 5.26 Å². The second-order valence-corrected chi connectivity index (χ2v) is 8.32. The van der Waals surface area contributed by atoms with Gasteiger partial charge < -0.3 is 5.11 Å². The zero-order chi connectivity index (χ0) is 19.2. The van der Waals surface area contributed by atoms with E-state index in [9.17, 15) is 15.2 Å². The average Bonchev–Trinajstić information content (AvgIpc) is 3.01. The van der Waals surface area contributed by atoms with E-state index in [0.29, 0.717) is 26.2 Å². The van der Waals surface area contributed by atoms with Gasteiger partial charge >= 0.3 is 0 Å². The zero-order valence-electron chi connectivity index (χ0n) is 14.0. The number of allylic oxidation sites excluding steroid dienone is 1. The summed E-state index contributed by atoms with van der Waals surface area (Å²) in [7, 11) is 0. The fourth-order valence-corrected chi connectivity index (χ4v) is 5.25. The molecule has 0 aromatic heterocycles. The third-order valence-corrected chi connectivity index (χ3v) is 6.58. The second-order valence-electron chi connectivity index (χ2n) is 6.48. The highest BCUT2D eigenvalue weighted by Crippen LogP contribution is 2.51. The fourth-order valence-electron chi connectivity index (χ4n) is 3.56. The summed E-state index contributed by atoms with van der Waals surface area (Å²) < 4.78 is 0. The van der Waals surface area contributed by atoms with E-state index in [-0.39, 0.29) is 24.0 Å². The molecule has 2 aromatic carbocycles. The molecule has 0 spiro atoms. The molecule has 2 heterocycles. The number of halogens is 2. The average molecular weight is 417 g/mol. The molecule has 1 N–H and O–H groups in total. The van der Waals surface area contributed by atoms with Crippen LogP contribution < -0.4 is 0 Å². The van der Waals surface area contributed by atoms with Crippen molar-refractivity contribution in [3.8, 4) is 6.07 Å². The van der Waals surface area contributed by atoms with E-state index in [1.54, 1.807) is 42.5 Å². The third-order valence-electron chi connectivity index (χ3n) is 4.87. The highest BCUT2D eigenvalue weighted by atomic mass is 35.5. The minimum absolute atomic E-state index is 0.100. The summed E-state index contributed by atoms with van der Waals surface area (Å²) in [5.74, 6) is -0.340. The molecule has 1 fully saturated rings. The van der Waals surface area contributed by atoms with Crippen molar-refractivity contribution < 1.29 is 9.90 Å². The number of amides is 1. The van der Waals surface area contributed by atoms with Crippen LogP contribution in [0.5, 0.6) is 0 Å². The number of carbonyl (C=O) groups excluding carboxylic acids is 1. The molecular weight excluding hydrogens is 403 g/mol. The lowest BCUT2D eigenvalue weighted by molar-refractivity contribution is -0.149. The van der Waals surface area contributed by atoms with E-state index in [1.807, 2.05) is 6.07 Å². The van der Waals surface area contributed by atoms with E-state index in [1.165, 1.54) is 16.7 Å². The Labute approximate surface area is 171 Å². The van der Waals surface area contributed by atoms with Crippen LogP contribution in [0.1, 0.15) is 23.5 Å². The minimum Gasteiger partial charge on any atom is -0.366 e. The molecule has 0 aliphatic carbocycles. The molecular formula is C20H14Cl2N2O2S. The number of fused-ring (bicyclic) bond motifs is 1. The Morgan fingerprint density at radius 3 is 2.59 bits per heavy atom. The first-order valence-corrected chi connectivity index (χ1v) is 10.0. The zero-order valence-corrected chi connectivity index (χ0v) is 16.4. The monoisotopic (exact) mass is 416 g/mol. The van der Waals surface area contributed by atoms with Crippen molar-refractivity contribution in [3.05, 3.63) is 80.3 Å². The number of nitrogens with zero attached hydrogens (tertiary/aromatic N) is 2. The van der Waals surface area contributed by atoms with Gasteiger partial charge in [0.1, 0.15) is 0 Å². The van der Waals surface area contributed by atoms with Gasteiger partial charge in [-0.2, -0.15) is 5.26 Å². The summed E-state index contributed by atoms with van der Waals surface area (Å²) in [6.45, 7) is 0. The summed E-state index contributed by atoms with van der Waals surface area (Å²) in [6, 6.07) is 16.2. The molecule has 0 unspecified atom stereocenters. The number of carbonyl (C=O) groups is 1. The first-order valence-electron chi connectivity index (χ1n) is 8.28. The molecule has 2 aliphatic rings. The van der Waals surface area contributed by atoms with Gasteiger partial charge in [0.2, 0.25) is 5.91 Å². The predicted octanol–water partition coefficient (Wildman–Crippen LogP) is 4.64. The number of nitriles is 1. The quantitative estimate of drug-likeness (QED) is 0.774. The normalized spacial score (nSPS) is 24.7. The van der Waals surface area contributed by atoms with Gasteiger partial charge in [-0.05, 0) is 29.8 Å². The molecule has 2 aromatic rings. The van der Waals surface area contributed by atoms with E-state index >= 15 is 0 Å². The van der Waals surface area contributed by atoms with Crippen LogP contribution in [0.2, 0.25) is 10.0 Å². The van der Waals surface area contributed by atoms with Gasteiger partial charge in [-0.1, -0.05) is 47.5 Å². The van der Waals surface area contributed by atoms with E-state index in [4.69, 9.17) is 23.2 Å². The lowest BCUT2D eigenvalue weighted by Gasteiger charge is -2.38. The van der Waals surface area contributed by atoms with Gasteiger partial charge in [0.25, 0.3) is 0 Å². The highest BCUT2D eigenvalue weighted by molar-refractivity contribution is 8.03. The lowest BCUT2D eigenvalue weighted by atomic mass is 9.85. The maximum Gasteiger partial charge on any atom is 0.231 e. The van der Waals surface area contributed by atoms with Crippen molar-refractivity contribution in [3.63, 3.8) is 0 Å². The van der Waals surface area contributed by atoms with Crippen molar-refractivity contribution in [2.24, 2.45) is 0 Å². The molecule has 0 radical (unpaired) electrons. The Bertz CT molecular complexity index is 1000. The maximum atomic E-state index is 13.0. The Hall–Kier alpha value is -1.97. The summed E-state index contributed by atoms with van der Waals surface area (Å²) in [6.07, 6.45) is 0.100. The molecule has 2 aliphatic heterocycles. The van der Waals surface area contributed by atoms with Crippen molar-refractivity contribution >= 4 is 40.9 Å². The molecule has 2 atom stereocenters. The maximum absolute atomic E-state index is 13.0. The lowest BCUT2D eigenvalue weighted by Crippen LogP contribution is -2.48.